The van der Waals surface area contributed by atoms with Gasteiger partial charge in [0.2, 0.25) is 0 Å². The normalized spacial score (nSPS) is 9.89. The van der Waals surface area contributed by atoms with Crippen LogP contribution < -0.4 is 14.8 Å². The third-order valence-corrected chi connectivity index (χ3v) is 2.39. The molecular weight excluding hydrogens is 234 g/mol. The summed E-state index contributed by atoms with van der Waals surface area (Å²) in [7, 11) is 3.07. The Kier molecular flexibility index (Phi) is 3.47. The lowest BCUT2D eigenvalue weighted by Crippen LogP contribution is -2.12. The van der Waals surface area contributed by atoms with Gasteiger partial charge in [-0.2, -0.15) is 0 Å². The molecule has 0 saturated heterocycles. The van der Waals surface area contributed by atoms with Crippen molar-refractivity contribution in [1.82, 2.24) is 9.97 Å². The third-order valence-electron chi connectivity index (χ3n) is 2.39. The molecular formula is C12H13N3O3. The van der Waals surface area contributed by atoms with Gasteiger partial charge in [0.1, 0.15) is 5.82 Å². The number of aromatic nitrogens is 2. The van der Waals surface area contributed by atoms with E-state index in [4.69, 9.17) is 9.47 Å². The Bertz CT molecular complexity index is 538. The fourth-order valence-corrected chi connectivity index (χ4v) is 1.50. The highest BCUT2D eigenvalue weighted by Gasteiger charge is 2.11. The van der Waals surface area contributed by atoms with Crippen molar-refractivity contribution in [3.05, 3.63) is 36.3 Å². The Morgan fingerprint density at radius 3 is 2.67 bits per heavy atom. The summed E-state index contributed by atoms with van der Waals surface area (Å²) in [5.74, 6) is 1.38. The summed E-state index contributed by atoms with van der Waals surface area (Å²) in [6.45, 7) is 0. The van der Waals surface area contributed by atoms with Crippen molar-refractivity contribution in [2.45, 2.75) is 0 Å². The van der Waals surface area contributed by atoms with Crippen LogP contribution in [0.15, 0.2) is 30.7 Å². The number of amides is 1. The number of rotatable bonds is 4. The van der Waals surface area contributed by atoms with Crippen LogP contribution in [0.2, 0.25) is 0 Å². The van der Waals surface area contributed by atoms with Gasteiger partial charge < -0.3 is 19.8 Å². The van der Waals surface area contributed by atoms with Gasteiger partial charge in [0.15, 0.2) is 11.5 Å². The van der Waals surface area contributed by atoms with Gasteiger partial charge in [0.05, 0.1) is 26.7 Å². The summed E-state index contributed by atoms with van der Waals surface area (Å²) in [6.07, 6.45) is 3.02. The highest BCUT2D eigenvalue weighted by atomic mass is 16.5. The zero-order valence-electron chi connectivity index (χ0n) is 10.1. The van der Waals surface area contributed by atoms with E-state index in [-0.39, 0.29) is 5.91 Å². The molecule has 6 heteroatoms. The number of hydrogen-bond acceptors (Lipinski definition) is 4. The fourth-order valence-electron chi connectivity index (χ4n) is 1.50. The predicted molar refractivity (Wildman–Crippen MR) is 66.1 cm³/mol. The van der Waals surface area contributed by atoms with Crippen molar-refractivity contribution in [3.63, 3.8) is 0 Å². The number of anilines is 1. The molecule has 1 amide bonds. The smallest absolute Gasteiger partial charge is 0.256 e. The van der Waals surface area contributed by atoms with Gasteiger partial charge in [-0.1, -0.05) is 0 Å². The van der Waals surface area contributed by atoms with E-state index in [1.165, 1.54) is 19.6 Å². The number of carbonyl (C=O) groups excluding carboxylic acids is 1. The molecule has 2 aromatic rings. The van der Waals surface area contributed by atoms with Crippen LogP contribution in [0.1, 0.15) is 10.4 Å². The van der Waals surface area contributed by atoms with Gasteiger partial charge in [0.25, 0.3) is 5.91 Å². The second-order valence-corrected chi connectivity index (χ2v) is 3.49. The number of H-pyrrole nitrogens is 1. The van der Waals surface area contributed by atoms with Crippen LogP contribution in [0.25, 0.3) is 0 Å². The van der Waals surface area contributed by atoms with Crippen molar-refractivity contribution < 1.29 is 14.3 Å². The Hall–Kier alpha value is -2.50. The standard InChI is InChI=1S/C12H13N3O3/c1-17-9-4-3-8(5-10(9)18-2)12(16)15-11-6-13-7-14-11/h3-7H,1-2H3,(H,13,14)(H,15,16). The number of carbonyl (C=O) groups is 1. The molecule has 1 aromatic heterocycles. The molecule has 1 aromatic carbocycles. The van der Waals surface area contributed by atoms with Crippen LogP contribution in [0.3, 0.4) is 0 Å². The summed E-state index contributed by atoms with van der Waals surface area (Å²) in [4.78, 5) is 18.5. The lowest BCUT2D eigenvalue weighted by atomic mass is 10.2. The molecule has 0 fully saturated rings. The summed E-state index contributed by atoms with van der Waals surface area (Å²) in [6, 6.07) is 4.96. The number of benzene rings is 1. The van der Waals surface area contributed by atoms with Gasteiger partial charge in [0, 0.05) is 5.56 Å². The van der Waals surface area contributed by atoms with Gasteiger partial charge >= 0.3 is 0 Å². The number of nitrogens with zero attached hydrogens (tertiary/aromatic N) is 1. The molecule has 0 atom stereocenters. The van der Waals surface area contributed by atoms with Gasteiger partial charge in [-0.25, -0.2) is 4.98 Å². The van der Waals surface area contributed by atoms with E-state index in [2.05, 4.69) is 15.3 Å². The van der Waals surface area contributed by atoms with Crippen molar-refractivity contribution in [2.75, 3.05) is 19.5 Å². The Morgan fingerprint density at radius 1 is 1.28 bits per heavy atom. The Labute approximate surface area is 104 Å². The first-order valence-electron chi connectivity index (χ1n) is 5.26. The van der Waals surface area contributed by atoms with Crippen LogP contribution >= 0.6 is 0 Å². The molecule has 6 nitrogen and oxygen atoms in total. The second-order valence-electron chi connectivity index (χ2n) is 3.49. The van der Waals surface area contributed by atoms with E-state index in [0.717, 1.165) is 0 Å². The monoisotopic (exact) mass is 247 g/mol. The number of imidazole rings is 1. The Morgan fingerprint density at radius 2 is 2.06 bits per heavy atom. The lowest BCUT2D eigenvalue weighted by Gasteiger charge is -2.09. The molecule has 18 heavy (non-hydrogen) atoms. The molecule has 0 bridgehead atoms. The maximum Gasteiger partial charge on any atom is 0.256 e. The molecule has 94 valence electrons. The van der Waals surface area contributed by atoms with Crippen LogP contribution in [0, 0.1) is 0 Å². The topological polar surface area (TPSA) is 76.2 Å². The largest absolute Gasteiger partial charge is 0.493 e. The summed E-state index contributed by atoms with van der Waals surface area (Å²) >= 11 is 0. The van der Waals surface area contributed by atoms with Gasteiger partial charge in [-0.3, -0.25) is 4.79 Å². The SMILES string of the molecule is COc1ccc(C(=O)Nc2cnc[nH]2)cc1OC. The van der Waals surface area contributed by atoms with Crippen LogP contribution in [-0.2, 0) is 0 Å². The van der Waals surface area contributed by atoms with Gasteiger partial charge in [-0.05, 0) is 18.2 Å². The maximum atomic E-state index is 11.9. The number of nitrogens with one attached hydrogen (secondary N) is 2. The van der Waals surface area contributed by atoms with E-state index in [1.54, 1.807) is 25.3 Å². The molecule has 1 heterocycles. The first kappa shape index (κ1) is 12.0. The first-order chi connectivity index (χ1) is 8.74. The van der Waals surface area contributed by atoms with Crippen molar-refractivity contribution in [1.29, 1.82) is 0 Å². The molecule has 0 unspecified atom stereocenters. The van der Waals surface area contributed by atoms with E-state index in [0.29, 0.717) is 22.9 Å². The maximum absolute atomic E-state index is 11.9. The van der Waals surface area contributed by atoms with Crippen molar-refractivity contribution in [2.24, 2.45) is 0 Å². The molecule has 2 N–H and O–H groups in total. The summed E-state index contributed by atoms with van der Waals surface area (Å²) < 4.78 is 10.2. The zero-order chi connectivity index (χ0) is 13.0. The van der Waals surface area contributed by atoms with E-state index >= 15 is 0 Å². The van der Waals surface area contributed by atoms with Crippen LogP contribution in [0.5, 0.6) is 11.5 Å². The molecule has 2 rings (SSSR count). The van der Waals surface area contributed by atoms with Crippen molar-refractivity contribution >= 4 is 11.7 Å². The molecule has 0 radical (unpaired) electrons. The first-order valence-corrected chi connectivity index (χ1v) is 5.26. The Balaban J connectivity index is 2.20. The molecule has 0 saturated carbocycles. The highest BCUT2D eigenvalue weighted by Crippen LogP contribution is 2.27. The van der Waals surface area contributed by atoms with Gasteiger partial charge in [-0.15, -0.1) is 0 Å². The van der Waals surface area contributed by atoms with Crippen LogP contribution in [0.4, 0.5) is 5.82 Å². The molecule has 0 spiro atoms. The van der Waals surface area contributed by atoms with E-state index in [1.807, 2.05) is 0 Å². The minimum atomic E-state index is -0.250. The quantitative estimate of drug-likeness (QED) is 0.861. The molecule has 0 aliphatic rings. The molecule has 0 aliphatic heterocycles. The number of aromatic amines is 1. The van der Waals surface area contributed by atoms with Crippen molar-refractivity contribution in [3.8, 4) is 11.5 Å². The zero-order valence-corrected chi connectivity index (χ0v) is 10.1. The van der Waals surface area contributed by atoms with Crippen LogP contribution in [-0.4, -0.2) is 30.1 Å². The highest BCUT2D eigenvalue weighted by molar-refractivity contribution is 6.04. The molecule has 0 aliphatic carbocycles. The summed E-state index contributed by atoms with van der Waals surface area (Å²) in [5, 5.41) is 2.67. The second kappa shape index (κ2) is 5.22. The number of methoxy groups -OCH3 is 2. The summed E-state index contributed by atoms with van der Waals surface area (Å²) in [5.41, 5.74) is 0.474. The lowest BCUT2D eigenvalue weighted by molar-refractivity contribution is 0.102. The minimum absolute atomic E-state index is 0.250. The fraction of sp³-hybridized carbons (Fsp3) is 0.167. The number of ether oxygens (including phenoxy) is 2. The van der Waals surface area contributed by atoms with E-state index < -0.39 is 0 Å². The predicted octanol–water partition coefficient (Wildman–Crippen LogP) is 1.68. The average molecular weight is 247 g/mol. The third kappa shape index (κ3) is 2.42. The number of hydrogen-bond donors (Lipinski definition) is 2. The minimum Gasteiger partial charge on any atom is -0.493 e. The van der Waals surface area contributed by atoms with E-state index in [9.17, 15) is 4.79 Å². The average Bonchev–Trinajstić information content (AvgIpc) is 2.90.